The van der Waals surface area contributed by atoms with Crippen LogP contribution in [-0.4, -0.2) is 44.7 Å². The number of quaternary nitrogens is 1. The van der Waals surface area contributed by atoms with Gasteiger partial charge in [0.05, 0.1) is 14.2 Å². The minimum absolute atomic E-state index is 0.142. The van der Waals surface area contributed by atoms with Gasteiger partial charge >= 0.3 is 5.97 Å². The largest absolute Gasteiger partial charge is 0.497 e. The average molecular weight is 309 g/mol. The molecule has 0 aromatic heterocycles. The smallest absolute Gasteiger partial charge is 0.362 e. The number of carbonyl (C=O) groups is 2. The van der Waals surface area contributed by atoms with Gasteiger partial charge in [-0.25, -0.2) is 4.79 Å². The van der Waals surface area contributed by atoms with Crippen molar-refractivity contribution in [3.8, 4) is 5.75 Å². The SMILES string of the molecule is COc1cccc(NC(=O)C[NH+](C)CC(=O)OC(C)(C)C)c1. The van der Waals surface area contributed by atoms with Gasteiger partial charge in [0.2, 0.25) is 0 Å². The van der Waals surface area contributed by atoms with Gasteiger partial charge in [0.25, 0.3) is 5.91 Å². The topological polar surface area (TPSA) is 69.1 Å². The second-order valence-electron chi connectivity index (χ2n) is 6.18. The number of anilines is 1. The Balaban J connectivity index is 2.45. The first-order valence-corrected chi connectivity index (χ1v) is 7.16. The zero-order valence-electron chi connectivity index (χ0n) is 13.9. The fourth-order valence-corrected chi connectivity index (χ4v) is 1.87. The number of amides is 1. The second-order valence-corrected chi connectivity index (χ2v) is 6.18. The van der Waals surface area contributed by atoms with E-state index in [1.54, 1.807) is 38.4 Å². The molecule has 6 heteroatoms. The monoisotopic (exact) mass is 309 g/mol. The molecule has 1 atom stereocenters. The molecule has 0 heterocycles. The molecule has 0 saturated heterocycles. The fourth-order valence-electron chi connectivity index (χ4n) is 1.87. The highest BCUT2D eigenvalue weighted by atomic mass is 16.6. The van der Waals surface area contributed by atoms with Gasteiger partial charge in [-0.15, -0.1) is 0 Å². The van der Waals surface area contributed by atoms with E-state index in [1.807, 2.05) is 20.8 Å². The molecule has 0 aliphatic rings. The summed E-state index contributed by atoms with van der Waals surface area (Å²) < 4.78 is 10.3. The van der Waals surface area contributed by atoms with E-state index in [2.05, 4.69) is 5.32 Å². The van der Waals surface area contributed by atoms with Gasteiger partial charge in [0, 0.05) is 11.8 Å². The lowest BCUT2D eigenvalue weighted by Crippen LogP contribution is -3.11. The third-order valence-corrected chi connectivity index (χ3v) is 2.68. The standard InChI is InChI=1S/C16H24N2O4/c1-16(2,3)22-15(20)11-18(4)10-14(19)17-12-7-6-8-13(9-12)21-5/h6-9H,10-11H2,1-5H3,(H,17,19)/p+1. The van der Waals surface area contributed by atoms with E-state index in [-0.39, 0.29) is 25.0 Å². The molecular formula is C16H25N2O4+. The van der Waals surface area contributed by atoms with Gasteiger partial charge in [-0.1, -0.05) is 6.07 Å². The van der Waals surface area contributed by atoms with E-state index < -0.39 is 5.60 Å². The highest BCUT2D eigenvalue weighted by Crippen LogP contribution is 2.16. The lowest BCUT2D eigenvalue weighted by atomic mass is 10.2. The Bertz CT molecular complexity index is 523. The number of likely N-dealkylation sites (N-methyl/N-ethyl adjacent to an activating group) is 1. The lowest BCUT2D eigenvalue weighted by Gasteiger charge is -2.20. The van der Waals surface area contributed by atoms with Gasteiger partial charge in [0.15, 0.2) is 13.1 Å². The number of hydrogen-bond donors (Lipinski definition) is 2. The van der Waals surface area contributed by atoms with Crippen LogP contribution in [0, 0.1) is 0 Å². The van der Waals surface area contributed by atoms with Crippen LogP contribution in [0.2, 0.25) is 0 Å². The quantitative estimate of drug-likeness (QED) is 0.751. The highest BCUT2D eigenvalue weighted by Gasteiger charge is 2.20. The second kappa shape index (κ2) is 7.79. The van der Waals surface area contributed by atoms with Crippen LogP contribution in [0.15, 0.2) is 24.3 Å². The predicted octanol–water partition coefficient (Wildman–Crippen LogP) is 0.490. The van der Waals surface area contributed by atoms with Crippen molar-refractivity contribution in [1.29, 1.82) is 0 Å². The molecule has 1 amide bonds. The van der Waals surface area contributed by atoms with Crippen molar-refractivity contribution in [1.82, 2.24) is 0 Å². The van der Waals surface area contributed by atoms with Crippen molar-refractivity contribution in [3.63, 3.8) is 0 Å². The third kappa shape index (κ3) is 7.08. The molecule has 1 unspecified atom stereocenters. The Labute approximate surface area is 131 Å². The molecule has 2 N–H and O–H groups in total. The molecule has 0 bridgehead atoms. The van der Waals surface area contributed by atoms with Crippen LogP contribution in [0.3, 0.4) is 0 Å². The van der Waals surface area contributed by atoms with Crippen molar-refractivity contribution in [2.75, 3.05) is 32.6 Å². The fraction of sp³-hybridized carbons (Fsp3) is 0.500. The third-order valence-electron chi connectivity index (χ3n) is 2.68. The summed E-state index contributed by atoms with van der Waals surface area (Å²) >= 11 is 0. The molecule has 0 radical (unpaired) electrons. The summed E-state index contributed by atoms with van der Waals surface area (Å²) in [6.45, 7) is 5.76. The van der Waals surface area contributed by atoms with Gasteiger partial charge in [-0.05, 0) is 32.9 Å². The van der Waals surface area contributed by atoms with E-state index in [1.165, 1.54) is 0 Å². The molecule has 22 heavy (non-hydrogen) atoms. The van der Waals surface area contributed by atoms with Gasteiger partial charge in [-0.2, -0.15) is 0 Å². The number of ether oxygens (including phenoxy) is 2. The van der Waals surface area contributed by atoms with Crippen molar-refractivity contribution < 1.29 is 24.0 Å². The number of hydrogen-bond acceptors (Lipinski definition) is 4. The number of benzene rings is 1. The van der Waals surface area contributed by atoms with Crippen molar-refractivity contribution >= 4 is 17.6 Å². The van der Waals surface area contributed by atoms with Crippen molar-refractivity contribution in [3.05, 3.63) is 24.3 Å². The van der Waals surface area contributed by atoms with E-state index in [0.717, 1.165) is 4.90 Å². The summed E-state index contributed by atoms with van der Waals surface area (Å²) in [4.78, 5) is 24.4. The molecular weight excluding hydrogens is 284 g/mol. The summed E-state index contributed by atoms with van der Waals surface area (Å²) in [5, 5.41) is 2.78. The number of rotatable bonds is 6. The maximum atomic E-state index is 12.0. The zero-order valence-corrected chi connectivity index (χ0v) is 13.9. The van der Waals surface area contributed by atoms with E-state index >= 15 is 0 Å². The summed E-state index contributed by atoms with van der Waals surface area (Å²) in [6, 6.07) is 7.12. The van der Waals surface area contributed by atoms with Crippen LogP contribution in [0.5, 0.6) is 5.75 Å². The number of nitrogens with one attached hydrogen (secondary N) is 2. The lowest BCUT2D eigenvalue weighted by molar-refractivity contribution is -0.863. The molecule has 6 nitrogen and oxygen atoms in total. The predicted molar refractivity (Wildman–Crippen MR) is 84.1 cm³/mol. The summed E-state index contributed by atoms with van der Waals surface area (Å²) in [5.74, 6) is 0.181. The molecule has 0 fully saturated rings. The Morgan fingerprint density at radius 1 is 1.23 bits per heavy atom. The Morgan fingerprint density at radius 3 is 2.50 bits per heavy atom. The first-order valence-electron chi connectivity index (χ1n) is 7.16. The zero-order chi connectivity index (χ0) is 16.8. The molecule has 0 aliphatic heterocycles. The number of carbonyl (C=O) groups excluding carboxylic acids is 2. The first kappa shape index (κ1) is 18.0. The molecule has 122 valence electrons. The first-order chi connectivity index (χ1) is 10.2. The van der Waals surface area contributed by atoms with E-state index in [0.29, 0.717) is 11.4 Å². The molecule has 1 rings (SSSR count). The maximum Gasteiger partial charge on any atom is 0.362 e. The molecule has 1 aromatic rings. The van der Waals surface area contributed by atoms with Crippen LogP contribution >= 0.6 is 0 Å². The normalized spacial score (nSPS) is 12.4. The number of methoxy groups -OCH3 is 1. The average Bonchev–Trinajstić information content (AvgIpc) is 2.35. The van der Waals surface area contributed by atoms with Gasteiger partial charge in [0.1, 0.15) is 11.4 Å². The minimum Gasteiger partial charge on any atom is -0.497 e. The molecule has 0 aliphatic carbocycles. The van der Waals surface area contributed by atoms with Crippen molar-refractivity contribution in [2.24, 2.45) is 0 Å². The van der Waals surface area contributed by atoms with Crippen LogP contribution in [0.25, 0.3) is 0 Å². The Kier molecular flexibility index (Phi) is 6.37. The Hall–Kier alpha value is -2.08. The molecule has 0 spiro atoms. The van der Waals surface area contributed by atoms with E-state index in [9.17, 15) is 9.59 Å². The van der Waals surface area contributed by atoms with Crippen LogP contribution in [-0.2, 0) is 14.3 Å². The van der Waals surface area contributed by atoms with E-state index in [4.69, 9.17) is 9.47 Å². The Morgan fingerprint density at radius 2 is 1.91 bits per heavy atom. The van der Waals surface area contributed by atoms with Crippen LogP contribution in [0.1, 0.15) is 20.8 Å². The van der Waals surface area contributed by atoms with Crippen LogP contribution in [0.4, 0.5) is 5.69 Å². The highest BCUT2D eigenvalue weighted by molar-refractivity contribution is 5.91. The maximum absolute atomic E-state index is 12.0. The summed E-state index contributed by atoms with van der Waals surface area (Å²) in [6.07, 6.45) is 0. The molecule has 1 aromatic carbocycles. The number of esters is 1. The minimum atomic E-state index is -0.514. The summed E-state index contributed by atoms with van der Waals surface area (Å²) in [7, 11) is 3.34. The van der Waals surface area contributed by atoms with Crippen LogP contribution < -0.4 is 15.0 Å². The van der Waals surface area contributed by atoms with Gasteiger partial charge in [-0.3, -0.25) is 4.79 Å². The summed E-state index contributed by atoms with van der Waals surface area (Å²) in [5.41, 5.74) is 0.148. The molecule has 0 saturated carbocycles. The van der Waals surface area contributed by atoms with Crippen molar-refractivity contribution in [2.45, 2.75) is 26.4 Å². The van der Waals surface area contributed by atoms with Gasteiger partial charge < -0.3 is 19.7 Å².